The highest BCUT2D eigenvalue weighted by molar-refractivity contribution is 5.83. The Labute approximate surface area is 170 Å². The van der Waals surface area contributed by atoms with Crippen molar-refractivity contribution < 1.29 is 14.0 Å². The van der Waals surface area contributed by atoms with E-state index in [0.29, 0.717) is 12.2 Å². The maximum Gasteiger partial charge on any atom is 0.167 e. The van der Waals surface area contributed by atoms with Gasteiger partial charge in [0.15, 0.2) is 11.9 Å². The number of hydrogen-bond donors (Lipinski definition) is 0. The number of ketones is 1. The molecular weight excluding hydrogens is 334 g/mol. The average Bonchev–Trinajstić information content (AvgIpc) is 2.61. The van der Waals surface area contributed by atoms with Crippen LogP contribution in [0.15, 0.2) is 0 Å². The van der Waals surface area contributed by atoms with Gasteiger partial charge in [-0.3, -0.25) is 4.79 Å². The summed E-state index contributed by atoms with van der Waals surface area (Å²) < 4.78 is 6.75. The van der Waals surface area contributed by atoms with Crippen LogP contribution in [0, 0.1) is 0 Å². The Bertz CT molecular complexity index is 336. The lowest BCUT2D eigenvalue weighted by molar-refractivity contribution is -0.872. The van der Waals surface area contributed by atoms with Gasteiger partial charge < -0.3 is 9.22 Å². The van der Waals surface area contributed by atoms with Gasteiger partial charge in [0.1, 0.15) is 6.54 Å². The van der Waals surface area contributed by atoms with Crippen molar-refractivity contribution in [1.82, 2.24) is 0 Å². The molecule has 1 atom stereocenters. The summed E-state index contributed by atoms with van der Waals surface area (Å²) in [6.07, 6.45) is 18.4. The molecule has 0 rings (SSSR count). The van der Waals surface area contributed by atoms with Crippen LogP contribution in [0.25, 0.3) is 0 Å². The highest BCUT2D eigenvalue weighted by Crippen LogP contribution is 2.13. The third kappa shape index (κ3) is 18.7. The number of ether oxygens (including phenoxy) is 1. The van der Waals surface area contributed by atoms with E-state index in [2.05, 4.69) is 35.0 Å². The van der Waals surface area contributed by atoms with E-state index in [9.17, 15) is 4.79 Å². The van der Waals surface area contributed by atoms with E-state index in [4.69, 9.17) is 4.74 Å². The van der Waals surface area contributed by atoms with Crippen molar-refractivity contribution in [1.29, 1.82) is 0 Å². The highest BCUT2D eigenvalue weighted by atomic mass is 16.5. The lowest BCUT2D eigenvalue weighted by atomic mass is 10.0. The van der Waals surface area contributed by atoms with Crippen molar-refractivity contribution in [2.24, 2.45) is 0 Å². The van der Waals surface area contributed by atoms with Crippen LogP contribution in [0.3, 0.4) is 0 Å². The molecule has 0 heterocycles. The molecule has 0 saturated carbocycles. The predicted octanol–water partition coefficient (Wildman–Crippen LogP) is 6.54. The number of quaternary nitrogens is 1. The quantitative estimate of drug-likeness (QED) is 0.176. The monoisotopic (exact) mass is 384 g/mol. The van der Waals surface area contributed by atoms with E-state index >= 15 is 0 Å². The Morgan fingerprint density at radius 2 is 1.15 bits per heavy atom. The van der Waals surface area contributed by atoms with Gasteiger partial charge in [-0.15, -0.1) is 0 Å². The van der Waals surface area contributed by atoms with Crippen LogP contribution in [0.4, 0.5) is 0 Å². The van der Waals surface area contributed by atoms with Gasteiger partial charge in [0, 0.05) is 13.0 Å². The minimum Gasteiger partial charge on any atom is -0.364 e. The van der Waals surface area contributed by atoms with Crippen LogP contribution >= 0.6 is 0 Å². The normalized spacial score (nSPS) is 13.1. The molecule has 0 aliphatic heterocycles. The van der Waals surface area contributed by atoms with Gasteiger partial charge in [0.2, 0.25) is 0 Å². The fraction of sp³-hybridized carbons (Fsp3) is 0.958. The largest absolute Gasteiger partial charge is 0.364 e. The standard InChI is InChI=1S/C24H50NO2/c1-6-8-10-11-12-13-14-15-16-17-18-20-23(26)24(22-25(3,4)5)27-21-19-9-7-2/h24H,6-22H2,1-5H3/q+1. The molecule has 0 bridgehead atoms. The molecule has 0 fully saturated rings. The third-order valence-electron chi connectivity index (χ3n) is 5.17. The van der Waals surface area contributed by atoms with Crippen LogP contribution in [-0.4, -0.2) is 50.7 Å². The number of Topliss-reactive ketones (excluding diaryl/α,β-unsaturated/α-hetero) is 1. The minimum atomic E-state index is -0.218. The second-order valence-electron chi connectivity index (χ2n) is 9.29. The molecule has 0 aromatic carbocycles. The SMILES string of the molecule is CCCCCCCCCCCCCC(=O)C(C[N+](C)(C)C)OCCCCC. The van der Waals surface area contributed by atoms with E-state index in [-0.39, 0.29) is 6.10 Å². The molecule has 0 saturated heterocycles. The van der Waals surface area contributed by atoms with E-state index in [1.54, 1.807) is 0 Å². The smallest absolute Gasteiger partial charge is 0.167 e. The Balaban J connectivity index is 3.82. The number of nitrogens with zero attached hydrogens (tertiary/aromatic N) is 1. The lowest BCUT2D eigenvalue weighted by Gasteiger charge is -2.28. The van der Waals surface area contributed by atoms with E-state index < -0.39 is 0 Å². The van der Waals surface area contributed by atoms with Crippen molar-refractivity contribution >= 4 is 5.78 Å². The lowest BCUT2D eigenvalue weighted by Crippen LogP contribution is -2.45. The highest BCUT2D eigenvalue weighted by Gasteiger charge is 2.25. The molecular formula is C24H50NO2+. The molecule has 3 nitrogen and oxygen atoms in total. The number of carbonyl (C=O) groups is 1. The summed E-state index contributed by atoms with van der Waals surface area (Å²) in [4.78, 5) is 12.6. The van der Waals surface area contributed by atoms with Crippen molar-refractivity contribution in [2.45, 2.75) is 116 Å². The van der Waals surface area contributed by atoms with Gasteiger partial charge in [-0.05, 0) is 12.8 Å². The first-order valence-electron chi connectivity index (χ1n) is 11.9. The minimum absolute atomic E-state index is 0.218. The number of carbonyl (C=O) groups excluding carboxylic acids is 1. The van der Waals surface area contributed by atoms with E-state index in [1.807, 2.05) is 0 Å². The summed E-state index contributed by atoms with van der Waals surface area (Å²) in [6, 6.07) is 0. The number of likely N-dealkylation sites (N-methyl/N-ethyl adjacent to an activating group) is 1. The molecule has 3 heteroatoms. The Morgan fingerprint density at radius 1 is 0.704 bits per heavy atom. The van der Waals surface area contributed by atoms with E-state index in [0.717, 1.165) is 30.5 Å². The topological polar surface area (TPSA) is 26.3 Å². The van der Waals surface area contributed by atoms with Gasteiger partial charge in [-0.25, -0.2) is 0 Å². The zero-order valence-electron chi connectivity index (χ0n) is 19.4. The molecule has 0 radical (unpaired) electrons. The fourth-order valence-electron chi connectivity index (χ4n) is 3.45. The van der Waals surface area contributed by atoms with Crippen LogP contribution in [0.2, 0.25) is 0 Å². The molecule has 0 amide bonds. The van der Waals surface area contributed by atoms with Gasteiger partial charge in [0.05, 0.1) is 21.1 Å². The van der Waals surface area contributed by atoms with Gasteiger partial charge >= 0.3 is 0 Å². The fourth-order valence-corrected chi connectivity index (χ4v) is 3.45. The summed E-state index contributed by atoms with van der Waals surface area (Å²) in [7, 11) is 6.41. The first-order chi connectivity index (χ1) is 12.9. The van der Waals surface area contributed by atoms with Crippen LogP contribution < -0.4 is 0 Å². The van der Waals surface area contributed by atoms with Gasteiger partial charge in [0.25, 0.3) is 0 Å². The van der Waals surface area contributed by atoms with Crippen molar-refractivity contribution in [3.05, 3.63) is 0 Å². The molecule has 0 aromatic heterocycles. The van der Waals surface area contributed by atoms with Crippen LogP contribution in [0.5, 0.6) is 0 Å². The maximum absolute atomic E-state index is 12.6. The molecule has 0 spiro atoms. The molecule has 27 heavy (non-hydrogen) atoms. The molecule has 0 N–H and O–H groups in total. The second-order valence-corrected chi connectivity index (χ2v) is 9.29. The zero-order chi connectivity index (χ0) is 20.4. The number of rotatable bonds is 20. The Hall–Kier alpha value is -0.410. The third-order valence-corrected chi connectivity index (χ3v) is 5.17. The summed E-state index contributed by atoms with van der Waals surface area (Å²) in [5.41, 5.74) is 0. The molecule has 0 aliphatic rings. The second kappa shape index (κ2) is 17.7. The first-order valence-corrected chi connectivity index (χ1v) is 11.9. The van der Waals surface area contributed by atoms with Crippen molar-refractivity contribution in [3.63, 3.8) is 0 Å². The summed E-state index contributed by atoms with van der Waals surface area (Å²) in [5, 5.41) is 0. The average molecular weight is 385 g/mol. The van der Waals surface area contributed by atoms with Crippen LogP contribution in [-0.2, 0) is 9.53 Å². The van der Waals surface area contributed by atoms with Crippen molar-refractivity contribution in [2.75, 3.05) is 34.3 Å². The van der Waals surface area contributed by atoms with Crippen LogP contribution in [0.1, 0.15) is 110 Å². The van der Waals surface area contributed by atoms with Gasteiger partial charge in [-0.2, -0.15) is 0 Å². The van der Waals surface area contributed by atoms with Gasteiger partial charge in [-0.1, -0.05) is 90.9 Å². The summed E-state index contributed by atoms with van der Waals surface area (Å²) in [6.45, 7) is 5.97. The zero-order valence-corrected chi connectivity index (χ0v) is 19.4. The Kier molecular flexibility index (Phi) is 17.4. The number of unbranched alkanes of at least 4 members (excludes halogenated alkanes) is 12. The Morgan fingerprint density at radius 3 is 1.63 bits per heavy atom. The molecule has 0 aliphatic carbocycles. The number of hydrogen-bond acceptors (Lipinski definition) is 2. The molecule has 1 unspecified atom stereocenters. The van der Waals surface area contributed by atoms with Crippen molar-refractivity contribution in [3.8, 4) is 0 Å². The maximum atomic E-state index is 12.6. The first kappa shape index (κ1) is 26.6. The summed E-state index contributed by atoms with van der Waals surface area (Å²) >= 11 is 0. The molecule has 162 valence electrons. The summed E-state index contributed by atoms with van der Waals surface area (Å²) in [5.74, 6) is 0.315. The predicted molar refractivity (Wildman–Crippen MR) is 118 cm³/mol. The molecule has 0 aromatic rings. The van der Waals surface area contributed by atoms with E-state index in [1.165, 1.54) is 77.0 Å².